The van der Waals surface area contributed by atoms with Crippen LogP contribution >= 0.6 is 11.6 Å². The normalized spacial score (nSPS) is 13.5. The summed E-state index contributed by atoms with van der Waals surface area (Å²) in [7, 11) is 0. The van der Waals surface area contributed by atoms with E-state index in [0.29, 0.717) is 5.02 Å². The Balaban J connectivity index is 1.89. The molecular weight excluding hydrogens is 284 g/mol. The second-order valence-electron chi connectivity index (χ2n) is 5.08. The molecule has 3 aromatic rings. The van der Waals surface area contributed by atoms with Gasteiger partial charge < -0.3 is 4.90 Å². The highest BCUT2D eigenvalue weighted by Crippen LogP contribution is 2.31. The summed E-state index contributed by atoms with van der Waals surface area (Å²) in [5.41, 5.74) is 4.30. The molecule has 5 heteroatoms. The zero-order chi connectivity index (χ0) is 14.2. The maximum atomic E-state index is 6.39. The summed E-state index contributed by atoms with van der Waals surface area (Å²) in [5, 5.41) is 8.95. The zero-order valence-corrected chi connectivity index (χ0v) is 12.0. The van der Waals surface area contributed by atoms with E-state index in [9.17, 15) is 0 Å². The van der Waals surface area contributed by atoms with E-state index in [4.69, 9.17) is 11.6 Å². The lowest BCUT2D eigenvalue weighted by atomic mass is 10.1. The zero-order valence-electron chi connectivity index (χ0n) is 11.3. The van der Waals surface area contributed by atoms with Gasteiger partial charge in [0.25, 0.3) is 0 Å². The van der Waals surface area contributed by atoms with Gasteiger partial charge in [0, 0.05) is 12.2 Å². The third-order valence-corrected chi connectivity index (χ3v) is 4.04. The molecule has 0 bridgehead atoms. The van der Waals surface area contributed by atoms with Crippen LogP contribution in [0.15, 0.2) is 54.7 Å². The van der Waals surface area contributed by atoms with Crippen LogP contribution in [-0.2, 0) is 13.1 Å². The van der Waals surface area contributed by atoms with E-state index in [1.807, 2.05) is 22.9 Å². The van der Waals surface area contributed by atoms with Gasteiger partial charge in [-0.15, -0.1) is 5.10 Å². The number of para-hydroxylation sites is 2. The van der Waals surface area contributed by atoms with E-state index in [1.54, 1.807) is 6.20 Å². The van der Waals surface area contributed by atoms with E-state index in [-0.39, 0.29) is 0 Å². The second kappa shape index (κ2) is 4.90. The molecule has 4 rings (SSSR count). The van der Waals surface area contributed by atoms with Gasteiger partial charge in [-0.2, -0.15) is 0 Å². The lowest BCUT2D eigenvalue weighted by Crippen LogP contribution is -2.20. The maximum Gasteiger partial charge on any atom is 0.0903 e. The highest BCUT2D eigenvalue weighted by molar-refractivity contribution is 6.32. The van der Waals surface area contributed by atoms with E-state index in [0.717, 1.165) is 30.0 Å². The molecule has 2 heterocycles. The fourth-order valence-electron chi connectivity index (χ4n) is 2.76. The van der Waals surface area contributed by atoms with Crippen LogP contribution in [0.1, 0.15) is 11.3 Å². The molecule has 4 nitrogen and oxygen atoms in total. The first-order valence-corrected chi connectivity index (χ1v) is 7.18. The van der Waals surface area contributed by atoms with Crippen molar-refractivity contribution in [1.82, 2.24) is 15.0 Å². The molecule has 0 atom stereocenters. The average molecular weight is 297 g/mol. The number of rotatable bonds is 1. The lowest BCUT2D eigenvalue weighted by molar-refractivity contribution is 0.754. The first-order chi connectivity index (χ1) is 10.3. The van der Waals surface area contributed by atoms with Crippen molar-refractivity contribution < 1.29 is 0 Å². The van der Waals surface area contributed by atoms with Gasteiger partial charge in [-0.1, -0.05) is 47.1 Å². The number of halogens is 1. The summed E-state index contributed by atoms with van der Waals surface area (Å²) in [5.74, 6) is 0. The molecule has 0 N–H and O–H groups in total. The van der Waals surface area contributed by atoms with Crippen LogP contribution in [0, 0.1) is 0 Å². The minimum Gasteiger partial charge on any atom is -0.361 e. The number of benzene rings is 2. The summed E-state index contributed by atoms with van der Waals surface area (Å²) in [6.45, 7) is 1.55. The smallest absolute Gasteiger partial charge is 0.0903 e. The van der Waals surface area contributed by atoms with E-state index in [2.05, 4.69) is 45.5 Å². The van der Waals surface area contributed by atoms with Gasteiger partial charge in [0.1, 0.15) is 0 Å². The predicted molar refractivity (Wildman–Crippen MR) is 82.7 cm³/mol. The number of nitrogens with zero attached hydrogens (tertiary/aromatic N) is 4. The molecule has 0 aliphatic carbocycles. The Bertz CT molecular complexity index is 782. The van der Waals surface area contributed by atoms with Crippen molar-refractivity contribution in [1.29, 1.82) is 0 Å². The standard InChI is InChI=1S/C16H13ClN4/c17-15-8-4-5-12-10-20(13-6-2-1-3-7-13)11-14-9-18-19-21(14)16(12)15/h1-9H,10-11H2. The molecule has 1 aliphatic heterocycles. The Morgan fingerprint density at radius 1 is 0.952 bits per heavy atom. The summed E-state index contributed by atoms with van der Waals surface area (Å²) in [6, 6.07) is 16.3. The molecule has 0 spiro atoms. The number of fused-ring (bicyclic) bond motifs is 3. The molecule has 0 radical (unpaired) electrons. The third kappa shape index (κ3) is 2.08. The predicted octanol–water partition coefficient (Wildman–Crippen LogP) is 3.44. The van der Waals surface area contributed by atoms with Crippen molar-refractivity contribution in [3.63, 3.8) is 0 Å². The Morgan fingerprint density at radius 2 is 1.81 bits per heavy atom. The monoisotopic (exact) mass is 296 g/mol. The number of anilines is 1. The number of aromatic nitrogens is 3. The average Bonchev–Trinajstić information content (AvgIpc) is 2.89. The second-order valence-corrected chi connectivity index (χ2v) is 5.48. The molecule has 0 unspecified atom stereocenters. The highest BCUT2D eigenvalue weighted by Gasteiger charge is 2.22. The summed E-state index contributed by atoms with van der Waals surface area (Å²) >= 11 is 6.39. The Hall–Kier alpha value is -2.33. The van der Waals surface area contributed by atoms with Gasteiger partial charge in [0.15, 0.2) is 0 Å². The van der Waals surface area contributed by atoms with Crippen LogP contribution in [0.4, 0.5) is 5.69 Å². The van der Waals surface area contributed by atoms with Crippen LogP contribution in [0.25, 0.3) is 5.69 Å². The quantitative estimate of drug-likeness (QED) is 0.690. The van der Waals surface area contributed by atoms with E-state index >= 15 is 0 Å². The van der Waals surface area contributed by atoms with Gasteiger partial charge in [0.05, 0.1) is 29.1 Å². The topological polar surface area (TPSA) is 34.0 Å². The van der Waals surface area contributed by atoms with Crippen LogP contribution in [0.2, 0.25) is 5.02 Å². The van der Waals surface area contributed by atoms with Crippen LogP contribution < -0.4 is 4.90 Å². The van der Waals surface area contributed by atoms with Crippen LogP contribution in [0.5, 0.6) is 0 Å². The molecule has 0 amide bonds. The van der Waals surface area contributed by atoms with E-state index in [1.165, 1.54) is 5.69 Å². The van der Waals surface area contributed by atoms with Crippen LogP contribution in [0.3, 0.4) is 0 Å². The molecule has 0 saturated carbocycles. The maximum absolute atomic E-state index is 6.39. The Labute approximate surface area is 127 Å². The Morgan fingerprint density at radius 3 is 2.67 bits per heavy atom. The molecule has 21 heavy (non-hydrogen) atoms. The first-order valence-electron chi connectivity index (χ1n) is 6.80. The number of hydrogen-bond acceptors (Lipinski definition) is 3. The Kier molecular flexibility index (Phi) is 2.89. The molecule has 1 aromatic heterocycles. The molecule has 2 aromatic carbocycles. The van der Waals surface area contributed by atoms with Crippen LogP contribution in [-0.4, -0.2) is 15.0 Å². The van der Waals surface area contributed by atoms with Crippen molar-refractivity contribution in [2.75, 3.05) is 4.90 Å². The van der Waals surface area contributed by atoms with Crippen molar-refractivity contribution in [2.45, 2.75) is 13.1 Å². The highest BCUT2D eigenvalue weighted by atomic mass is 35.5. The molecular formula is C16H13ClN4. The van der Waals surface area contributed by atoms with Crippen molar-refractivity contribution >= 4 is 17.3 Å². The van der Waals surface area contributed by atoms with Gasteiger partial charge in [-0.05, 0) is 23.8 Å². The summed E-state index contributed by atoms with van der Waals surface area (Å²) in [6.07, 6.45) is 1.80. The van der Waals surface area contributed by atoms with Crippen molar-refractivity contribution in [3.8, 4) is 5.69 Å². The van der Waals surface area contributed by atoms with Crippen molar-refractivity contribution in [2.24, 2.45) is 0 Å². The largest absolute Gasteiger partial charge is 0.361 e. The minimum absolute atomic E-state index is 0.703. The lowest BCUT2D eigenvalue weighted by Gasteiger charge is -2.22. The van der Waals surface area contributed by atoms with Crippen molar-refractivity contribution in [3.05, 3.63) is 71.0 Å². The van der Waals surface area contributed by atoms with Gasteiger partial charge in [-0.3, -0.25) is 0 Å². The molecule has 1 aliphatic rings. The fraction of sp³-hybridized carbons (Fsp3) is 0.125. The summed E-state index contributed by atoms with van der Waals surface area (Å²) < 4.78 is 1.85. The van der Waals surface area contributed by atoms with E-state index < -0.39 is 0 Å². The molecule has 0 fully saturated rings. The molecule has 104 valence electrons. The number of hydrogen-bond donors (Lipinski definition) is 0. The SMILES string of the molecule is Clc1cccc2c1-n1nncc1CN(c1ccccc1)C2. The van der Waals surface area contributed by atoms with Gasteiger partial charge >= 0.3 is 0 Å². The minimum atomic E-state index is 0.703. The third-order valence-electron chi connectivity index (χ3n) is 3.74. The summed E-state index contributed by atoms with van der Waals surface area (Å²) in [4.78, 5) is 2.30. The molecule has 0 saturated heterocycles. The first kappa shape index (κ1) is 12.4. The van der Waals surface area contributed by atoms with Gasteiger partial charge in [-0.25, -0.2) is 4.68 Å². The van der Waals surface area contributed by atoms with Gasteiger partial charge in [0.2, 0.25) is 0 Å². The fourth-order valence-corrected chi connectivity index (χ4v) is 3.03.